The number of carbonyl (C=O) groups excluding carboxylic acids is 1. The van der Waals surface area contributed by atoms with Gasteiger partial charge in [0.25, 0.3) is 0 Å². The zero-order valence-corrected chi connectivity index (χ0v) is 14.3. The molecule has 6 nitrogen and oxygen atoms in total. The highest BCUT2D eigenvalue weighted by molar-refractivity contribution is 6.31. The second-order valence-corrected chi connectivity index (χ2v) is 6.18. The molecule has 1 saturated heterocycles. The van der Waals surface area contributed by atoms with Gasteiger partial charge in [-0.05, 0) is 20.3 Å². The number of aliphatic hydroxyl groups is 1. The molecule has 7 heteroatoms. The number of aryl methyl sites for hydroxylation is 1. The summed E-state index contributed by atoms with van der Waals surface area (Å²) in [6, 6.07) is 0.201. The third-order valence-corrected chi connectivity index (χ3v) is 4.99. The van der Waals surface area contributed by atoms with Gasteiger partial charge in [-0.15, -0.1) is 0 Å². The van der Waals surface area contributed by atoms with Crippen LogP contribution >= 0.6 is 11.6 Å². The van der Waals surface area contributed by atoms with E-state index in [1.54, 1.807) is 4.68 Å². The lowest BCUT2D eigenvalue weighted by Crippen LogP contribution is -2.53. The normalized spacial score (nSPS) is 17.8. The summed E-state index contributed by atoms with van der Waals surface area (Å²) >= 11 is 6.11. The molecule has 1 aliphatic heterocycles. The van der Waals surface area contributed by atoms with E-state index in [-0.39, 0.29) is 25.1 Å². The number of aliphatic hydroxyl groups excluding tert-OH is 1. The SMILES string of the molecule is CCC(CO)N1CCN(C(=O)Cn2nc(C)c(Cl)c2C)CC1. The van der Waals surface area contributed by atoms with Crippen LogP contribution in [0.5, 0.6) is 0 Å². The lowest BCUT2D eigenvalue weighted by molar-refractivity contribution is -0.134. The molecule has 0 bridgehead atoms. The number of rotatable bonds is 5. The smallest absolute Gasteiger partial charge is 0.244 e. The van der Waals surface area contributed by atoms with Crippen LogP contribution in [0.15, 0.2) is 0 Å². The number of hydrogen-bond donors (Lipinski definition) is 1. The topological polar surface area (TPSA) is 61.6 Å². The summed E-state index contributed by atoms with van der Waals surface area (Å²) in [7, 11) is 0. The first-order valence-electron chi connectivity index (χ1n) is 7.80. The van der Waals surface area contributed by atoms with E-state index >= 15 is 0 Å². The van der Waals surface area contributed by atoms with Crippen molar-refractivity contribution in [3.05, 3.63) is 16.4 Å². The van der Waals surface area contributed by atoms with E-state index in [1.807, 2.05) is 18.7 Å². The van der Waals surface area contributed by atoms with Crippen molar-refractivity contribution < 1.29 is 9.90 Å². The second-order valence-electron chi connectivity index (χ2n) is 5.80. The summed E-state index contributed by atoms with van der Waals surface area (Å²) in [5, 5.41) is 14.3. The Balaban J connectivity index is 1.91. The van der Waals surface area contributed by atoms with E-state index in [0.717, 1.165) is 30.9 Å². The van der Waals surface area contributed by atoms with Crippen molar-refractivity contribution in [2.45, 2.75) is 39.8 Å². The van der Waals surface area contributed by atoms with Crippen LogP contribution in [0, 0.1) is 13.8 Å². The highest BCUT2D eigenvalue weighted by atomic mass is 35.5. The third kappa shape index (κ3) is 3.62. The molecule has 22 heavy (non-hydrogen) atoms. The van der Waals surface area contributed by atoms with Crippen LogP contribution < -0.4 is 0 Å². The fourth-order valence-electron chi connectivity index (χ4n) is 2.90. The van der Waals surface area contributed by atoms with Crippen molar-refractivity contribution in [3.63, 3.8) is 0 Å². The van der Waals surface area contributed by atoms with E-state index in [2.05, 4.69) is 16.9 Å². The van der Waals surface area contributed by atoms with Gasteiger partial charge in [-0.3, -0.25) is 14.4 Å². The summed E-state index contributed by atoms with van der Waals surface area (Å²) in [5.74, 6) is 0.0685. The minimum Gasteiger partial charge on any atom is -0.395 e. The molecule has 0 aliphatic carbocycles. The van der Waals surface area contributed by atoms with Gasteiger partial charge < -0.3 is 10.0 Å². The Morgan fingerprint density at radius 1 is 1.32 bits per heavy atom. The van der Waals surface area contributed by atoms with Gasteiger partial charge in [-0.1, -0.05) is 18.5 Å². The molecule has 1 N–H and O–H groups in total. The Bertz CT molecular complexity index is 520. The Morgan fingerprint density at radius 3 is 2.41 bits per heavy atom. The van der Waals surface area contributed by atoms with Gasteiger partial charge in [0.15, 0.2) is 0 Å². The van der Waals surface area contributed by atoms with Gasteiger partial charge in [0, 0.05) is 32.2 Å². The van der Waals surface area contributed by atoms with Crippen molar-refractivity contribution >= 4 is 17.5 Å². The van der Waals surface area contributed by atoms with Crippen molar-refractivity contribution in [2.24, 2.45) is 0 Å². The average molecular weight is 329 g/mol. The Labute approximate surface area is 136 Å². The zero-order valence-electron chi connectivity index (χ0n) is 13.5. The molecule has 2 rings (SSSR count). The monoisotopic (exact) mass is 328 g/mol. The minimum atomic E-state index is 0.0685. The summed E-state index contributed by atoms with van der Waals surface area (Å²) in [6.45, 7) is 9.21. The summed E-state index contributed by atoms with van der Waals surface area (Å²) in [5.41, 5.74) is 1.59. The molecular weight excluding hydrogens is 304 g/mol. The van der Waals surface area contributed by atoms with Gasteiger partial charge in [0.1, 0.15) is 6.54 Å². The number of aromatic nitrogens is 2. The Hall–Kier alpha value is -1.11. The largest absolute Gasteiger partial charge is 0.395 e. The number of amides is 1. The van der Waals surface area contributed by atoms with Crippen molar-refractivity contribution in [1.29, 1.82) is 0 Å². The van der Waals surface area contributed by atoms with Gasteiger partial charge in [0.2, 0.25) is 5.91 Å². The van der Waals surface area contributed by atoms with Crippen molar-refractivity contribution in [3.8, 4) is 0 Å². The van der Waals surface area contributed by atoms with Crippen LogP contribution in [0.1, 0.15) is 24.7 Å². The highest BCUT2D eigenvalue weighted by Crippen LogP contribution is 2.19. The van der Waals surface area contributed by atoms with Crippen LogP contribution in [0.25, 0.3) is 0 Å². The van der Waals surface area contributed by atoms with Crippen LogP contribution in [0.2, 0.25) is 5.02 Å². The molecule has 0 saturated carbocycles. The maximum Gasteiger partial charge on any atom is 0.244 e. The summed E-state index contributed by atoms with van der Waals surface area (Å²) in [4.78, 5) is 16.5. The number of hydrogen-bond acceptors (Lipinski definition) is 4. The molecule has 1 aliphatic rings. The maximum atomic E-state index is 12.4. The molecule has 1 aromatic heterocycles. The van der Waals surface area contributed by atoms with Gasteiger partial charge in [-0.2, -0.15) is 5.10 Å². The molecule has 0 radical (unpaired) electrons. The van der Waals surface area contributed by atoms with E-state index in [1.165, 1.54) is 0 Å². The van der Waals surface area contributed by atoms with Crippen molar-refractivity contribution in [1.82, 2.24) is 19.6 Å². The van der Waals surface area contributed by atoms with Crippen LogP contribution in [-0.2, 0) is 11.3 Å². The molecule has 1 fully saturated rings. The Morgan fingerprint density at radius 2 is 1.95 bits per heavy atom. The lowest BCUT2D eigenvalue weighted by atomic mass is 10.1. The zero-order chi connectivity index (χ0) is 16.3. The molecule has 1 amide bonds. The summed E-state index contributed by atoms with van der Waals surface area (Å²) in [6.07, 6.45) is 0.925. The fraction of sp³-hybridized carbons (Fsp3) is 0.733. The van der Waals surface area contributed by atoms with E-state index in [4.69, 9.17) is 11.6 Å². The number of piperazine rings is 1. The van der Waals surface area contributed by atoms with Crippen LogP contribution in [-0.4, -0.2) is 69.4 Å². The second kappa shape index (κ2) is 7.44. The van der Waals surface area contributed by atoms with E-state index in [0.29, 0.717) is 18.1 Å². The molecule has 1 atom stereocenters. The van der Waals surface area contributed by atoms with E-state index in [9.17, 15) is 9.90 Å². The molecule has 2 heterocycles. The first-order valence-corrected chi connectivity index (χ1v) is 8.17. The first-order chi connectivity index (χ1) is 10.5. The van der Waals surface area contributed by atoms with Crippen LogP contribution in [0.3, 0.4) is 0 Å². The van der Waals surface area contributed by atoms with E-state index < -0.39 is 0 Å². The predicted octanol–water partition coefficient (Wildman–Crippen LogP) is 1.07. The molecule has 0 aromatic carbocycles. The lowest BCUT2D eigenvalue weighted by Gasteiger charge is -2.38. The highest BCUT2D eigenvalue weighted by Gasteiger charge is 2.25. The third-order valence-electron chi connectivity index (χ3n) is 4.44. The maximum absolute atomic E-state index is 12.4. The number of carbonyl (C=O) groups is 1. The Kier molecular flexibility index (Phi) is 5.83. The molecule has 1 aromatic rings. The molecular formula is C15H25ClN4O2. The van der Waals surface area contributed by atoms with Crippen molar-refractivity contribution in [2.75, 3.05) is 32.8 Å². The standard InChI is InChI=1S/C15H25ClN4O2/c1-4-13(10-21)18-5-7-19(8-6-18)14(22)9-20-12(3)15(16)11(2)17-20/h13,21H,4-10H2,1-3H3. The van der Waals surface area contributed by atoms with Gasteiger partial charge in [0.05, 0.1) is 23.0 Å². The average Bonchev–Trinajstić information content (AvgIpc) is 2.76. The van der Waals surface area contributed by atoms with Gasteiger partial charge in [-0.25, -0.2) is 0 Å². The molecule has 124 valence electrons. The van der Waals surface area contributed by atoms with Crippen LogP contribution in [0.4, 0.5) is 0 Å². The molecule has 1 unspecified atom stereocenters. The van der Waals surface area contributed by atoms with Gasteiger partial charge >= 0.3 is 0 Å². The fourth-order valence-corrected chi connectivity index (χ4v) is 3.03. The number of nitrogens with zero attached hydrogens (tertiary/aromatic N) is 4. The predicted molar refractivity (Wildman–Crippen MR) is 86.0 cm³/mol. The summed E-state index contributed by atoms with van der Waals surface area (Å²) < 4.78 is 1.68. The quantitative estimate of drug-likeness (QED) is 0.878. The molecule has 0 spiro atoms. The number of halogens is 1. The minimum absolute atomic E-state index is 0.0685. The first kappa shape index (κ1) is 17.2.